The van der Waals surface area contributed by atoms with E-state index in [9.17, 15) is 4.79 Å². The van der Waals surface area contributed by atoms with Crippen LogP contribution in [-0.2, 0) is 17.8 Å². The second-order valence-electron chi connectivity index (χ2n) is 6.15. The number of halogens is 1. The Labute approximate surface area is 152 Å². The van der Waals surface area contributed by atoms with Crippen molar-refractivity contribution >= 4 is 28.3 Å². The quantitative estimate of drug-likeness (QED) is 0.603. The number of hydrogen-bond acceptors (Lipinski definition) is 3. The summed E-state index contributed by atoms with van der Waals surface area (Å²) in [6.07, 6.45) is 1.32. The number of rotatable bonds is 6. The van der Waals surface area contributed by atoms with Crippen LogP contribution in [0, 0.1) is 6.92 Å². The first-order valence-corrected chi connectivity index (χ1v) is 8.67. The van der Waals surface area contributed by atoms with Gasteiger partial charge >= 0.3 is 0 Å². The number of para-hydroxylation sites is 1. The summed E-state index contributed by atoms with van der Waals surface area (Å²) in [6, 6.07) is 15.7. The molecule has 4 heteroatoms. The number of nitrogens with zero attached hydrogens (tertiary/aromatic N) is 1. The first kappa shape index (κ1) is 17.4. The number of hydrogen-bond donors (Lipinski definition) is 0. The zero-order valence-corrected chi connectivity index (χ0v) is 15.1. The Balaban J connectivity index is 1.72. The van der Waals surface area contributed by atoms with E-state index in [4.69, 9.17) is 16.3 Å². The summed E-state index contributed by atoms with van der Waals surface area (Å²) in [5.41, 5.74) is 3.80. The minimum Gasteiger partial charge on any atom is -0.487 e. The Kier molecular flexibility index (Phi) is 5.34. The van der Waals surface area contributed by atoms with E-state index >= 15 is 0 Å². The van der Waals surface area contributed by atoms with Gasteiger partial charge in [0.2, 0.25) is 0 Å². The van der Waals surface area contributed by atoms with Crippen molar-refractivity contribution in [2.24, 2.45) is 0 Å². The molecule has 0 spiro atoms. The van der Waals surface area contributed by atoms with Gasteiger partial charge in [0.25, 0.3) is 0 Å². The van der Waals surface area contributed by atoms with Gasteiger partial charge in [0.05, 0.1) is 16.2 Å². The number of aromatic nitrogens is 1. The van der Waals surface area contributed by atoms with Gasteiger partial charge in [-0.15, -0.1) is 0 Å². The maximum Gasteiger partial charge on any atom is 0.132 e. The standard InChI is InChI=1S/C21H20ClNO2/c1-14(24)7-8-16-9-11-17(12-10-16)25-13-20-21(22)15(2)18-5-3-4-6-19(18)23-20/h3-6,9-12H,7-8,13H2,1-2H3. The molecule has 1 heterocycles. The molecule has 128 valence electrons. The Hall–Kier alpha value is -2.39. The molecule has 0 fully saturated rings. The molecule has 3 nitrogen and oxygen atoms in total. The van der Waals surface area contributed by atoms with Crippen LogP contribution in [-0.4, -0.2) is 10.8 Å². The van der Waals surface area contributed by atoms with E-state index in [0.717, 1.165) is 39.9 Å². The van der Waals surface area contributed by atoms with Crippen molar-refractivity contribution in [3.63, 3.8) is 0 Å². The predicted molar refractivity (Wildman–Crippen MR) is 101 cm³/mol. The first-order chi connectivity index (χ1) is 12.0. The van der Waals surface area contributed by atoms with Crippen LogP contribution in [0.15, 0.2) is 48.5 Å². The molecule has 0 amide bonds. The molecule has 0 aliphatic carbocycles. The van der Waals surface area contributed by atoms with Crippen molar-refractivity contribution in [1.29, 1.82) is 0 Å². The lowest BCUT2D eigenvalue weighted by Gasteiger charge is -2.11. The lowest BCUT2D eigenvalue weighted by molar-refractivity contribution is -0.116. The Morgan fingerprint density at radius 3 is 2.56 bits per heavy atom. The molecule has 0 aliphatic heterocycles. The number of benzene rings is 2. The van der Waals surface area contributed by atoms with Crippen LogP contribution < -0.4 is 4.74 Å². The van der Waals surface area contributed by atoms with E-state index in [0.29, 0.717) is 18.1 Å². The van der Waals surface area contributed by atoms with E-state index in [1.165, 1.54) is 0 Å². The van der Waals surface area contributed by atoms with Gasteiger partial charge in [-0.3, -0.25) is 0 Å². The second-order valence-corrected chi connectivity index (χ2v) is 6.53. The number of carbonyl (C=O) groups is 1. The average molecular weight is 354 g/mol. The number of pyridine rings is 1. The van der Waals surface area contributed by atoms with E-state index < -0.39 is 0 Å². The van der Waals surface area contributed by atoms with Crippen molar-refractivity contribution in [2.45, 2.75) is 33.3 Å². The molecule has 0 bridgehead atoms. The van der Waals surface area contributed by atoms with Gasteiger partial charge in [-0.2, -0.15) is 0 Å². The Morgan fingerprint density at radius 2 is 1.84 bits per heavy atom. The lowest BCUT2D eigenvalue weighted by Crippen LogP contribution is -2.02. The number of carbonyl (C=O) groups excluding carboxylic acids is 1. The summed E-state index contributed by atoms with van der Waals surface area (Å²) in [5, 5.41) is 1.71. The second kappa shape index (κ2) is 7.66. The highest BCUT2D eigenvalue weighted by atomic mass is 35.5. The van der Waals surface area contributed by atoms with E-state index in [1.807, 2.05) is 55.5 Å². The number of ether oxygens (including phenoxy) is 1. The third kappa shape index (κ3) is 4.18. The number of ketones is 1. The average Bonchev–Trinajstić information content (AvgIpc) is 2.62. The summed E-state index contributed by atoms with van der Waals surface area (Å²) < 4.78 is 5.84. The Morgan fingerprint density at radius 1 is 1.12 bits per heavy atom. The minimum absolute atomic E-state index is 0.202. The highest BCUT2D eigenvalue weighted by molar-refractivity contribution is 6.32. The molecule has 2 aromatic carbocycles. The van der Waals surface area contributed by atoms with Crippen LogP contribution in [0.3, 0.4) is 0 Å². The van der Waals surface area contributed by atoms with Crippen molar-refractivity contribution in [1.82, 2.24) is 4.98 Å². The van der Waals surface area contributed by atoms with Crippen LogP contribution in [0.2, 0.25) is 5.02 Å². The molecule has 0 aliphatic rings. The van der Waals surface area contributed by atoms with Crippen LogP contribution in [0.4, 0.5) is 0 Å². The van der Waals surface area contributed by atoms with Gasteiger partial charge in [-0.25, -0.2) is 4.98 Å². The fourth-order valence-corrected chi connectivity index (χ4v) is 2.94. The fourth-order valence-electron chi connectivity index (χ4n) is 2.74. The van der Waals surface area contributed by atoms with Crippen LogP contribution >= 0.6 is 11.6 Å². The molecular formula is C21H20ClNO2. The number of fused-ring (bicyclic) bond motifs is 1. The molecule has 0 saturated carbocycles. The molecular weight excluding hydrogens is 334 g/mol. The lowest BCUT2D eigenvalue weighted by atomic mass is 10.1. The van der Waals surface area contributed by atoms with Gasteiger partial charge < -0.3 is 9.53 Å². The topological polar surface area (TPSA) is 39.2 Å². The molecule has 0 radical (unpaired) electrons. The summed E-state index contributed by atoms with van der Waals surface area (Å²) in [5.74, 6) is 0.961. The van der Waals surface area contributed by atoms with E-state index in [1.54, 1.807) is 6.92 Å². The number of Topliss-reactive ketones (excluding diaryl/α,β-unsaturated/α-hetero) is 1. The van der Waals surface area contributed by atoms with Crippen molar-refractivity contribution in [3.8, 4) is 5.75 Å². The molecule has 0 atom stereocenters. The SMILES string of the molecule is CC(=O)CCc1ccc(OCc2nc3ccccc3c(C)c2Cl)cc1. The highest BCUT2D eigenvalue weighted by Gasteiger charge is 2.10. The van der Waals surface area contributed by atoms with Gasteiger partial charge in [0, 0.05) is 11.8 Å². The van der Waals surface area contributed by atoms with Gasteiger partial charge in [0.15, 0.2) is 0 Å². The van der Waals surface area contributed by atoms with Crippen LogP contribution in [0.5, 0.6) is 5.75 Å². The van der Waals surface area contributed by atoms with Crippen LogP contribution in [0.1, 0.15) is 30.2 Å². The molecule has 3 rings (SSSR count). The molecule has 3 aromatic rings. The maximum atomic E-state index is 11.1. The number of aryl methyl sites for hydroxylation is 2. The molecule has 1 aromatic heterocycles. The highest BCUT2D eigenvalue weighted by Crippen LogP contribution is 2.27. The van der Waals surface area contributed by atoms with E-state index in [2.05, 4.69) is 4.98 Å². The van der Waals surface area contributed by atoms with Gasteiger partial charge in [-0.05, 0) is 49.6 Å². The minimum atomic E-state index is 0.202. The first-order valence-electron chi connectivity index (χ1n) is 8.29. The van der Waals surface area contributed by atoms with Crippen LogP contribution in [0.25, 0.3) is 10.9 Å². The summed E-state index contributed by atoms with van der Waals surface area (Å²) >= 11 is 6.46. The Bertz CT molecular complexity index is 904. The van der Waals surface area contributed by atoms with Crippen molar-refractivity contribution in [3.05, 3.63) is 70.4 Å². The van der Waals surface area contributed by atoms with Crippen molar-refractivity contribution in [2.75, 3.05) is 0 Å². The zero-order valence-electron chi connectivity index (χ0n) is 14.4. The van der Waals surface area contributed by atoms with Gasteiger partial charge in [-0.1, -0.05) is 41.9 Å². The van der Waals surface area contributed by atoms with Gasteiger partial charge in [0.1, 0.15) is 18.1 Å². The monoisotopic (exact) mass is 353 g/mol. The third-order valence-electron chi connectivity index (χ3n) is 4.21. The molecule has 0 unspecified atom stereocenters. The van der Waals surface area contributed by atoms with E-state index in [-0.39, 0.29) is 5.78 Å². The van der Waals surface area contributed by atoms with Crippen molar-refractivity contribution < 1.29 is 9.53 Å². The largest absolute Gasteiger partial charge is 0.487 e. The summed E-state index contributed by atoms with van der Waals surface area (Å²) in [6.45, 7) is 3.93. The fraction of sp³-hybridized carbons (Fsp3) is 0.238. The zero-order chi connectivity index (χ0) is 17.8. The molecule has 0 saturated heterocycles. The third-order valence-corrected chi connectivity index (χ3v) is 4.71. The molecule has 0 N–H and O–H groups in total. The smallest absolute Gasteiger partial charge is 0.132 e. The summed E-state index contributed by atoms with van der Waals surface area (Å²) in [7, 11) is 0. The summed E-state index contributed by atoms with van der Waals surface area (Å²) in [4.78, 5) is 15.7. The maximum absolute atomic E-state index is 11.1. The predicted octanol–water partition coefficient (Wildman–Crippen LogP) is 5.30. The molecule has 25 heavy (non-hydrogen) atoms. The normalized spacial score (nSPS) is 10.8.